The van der Waals surface area contributed by atoms with Crippen LogP contribution in [0.3, 0.4) is 0 Å². The lowest BCUT2D eigenvalue weighted by Crippen LogP contribution is -2.65. The number of rotatable bonds is 2. The van der Waals surface area contributed by atoms with Crippen LogP contribution in [0.4, 0.5) is 0 Å². The van der Waals surface area contributed by atoms with E-state index in [9.17, 15) is 0 Å². The summed E-state index contributed by atoms with van der Waals surface area (Å²) in [6, 6.07) is 8.71. The lowest BCUT2D eigenvalue weighted by molar-refractivity contribution is -0.199. The van der Waals surface area contributed by atoms with E-state index in [0.29, 0.717) is 17.4 Å². The number of hydrogen-bond donors (Lipinski definition) is 0. The fourth-order valence-electron chi connectivity index (χ4n) is 4.95. The van der Waals surface area contributed by atoms with Gasteiger partial charge in [0.1, 0.15) is 0 Å². The van der Waals surface area contributed by atoms with Gasteiger partial charge in [-0.05, 0) is 49.5 Å². The van der Waals surface area contributed by atoms with Crippen molar-refractivity contribution in [3.05, 3.63) is 35.4 Å². The highest BCUT2D eigenvalue weighted by molar-refractivity contribution is 6.44. The van der Waals surface area contributed by atoms with Gasteiger partial charge in [0.05, 0.1) is 11.7 Å². The van der Waals surface area contributed by atoms with Crippen molar-refractivity contribution in [2.45, 2.75) is 58.6 Å². The van der Waals surface area contributed by atoms with E-state index in [1.54, 1.807) is 0 Å². The van der Waals surface area contributed by atoms with Crippen molar-refractivity contribution in [1.29, 1.82) is 0 Å². The van der Waals surface area contributed by atoms with Gasteiger partial charge in [-0.2, -0.15) is 0 Å². The van der Waals surface area contributed by atoms with Crippen LogP contribution in [0.5, 0.6) is 0 Å². The van der Waals surface area contributed by atoms with Crippen molar-refractivity contribution in [2.75, 3.05) is 0 Å². The molecule has 3 heteroatoms. The van der Waals surface area contributed by atoms with E-state index >= 15 is 0 Å². The molecule has 4 aliphatic rings. The molecule has 0 amide bonds. The highest BCUT2D eigenvalue weighted by atomic mass is 16.7. The minimum atomic E-state index is -0.0758. The topological polar surface area (TPSA) is 18.5 Å². The predicted molar refractivity (Wildman–Crippen MR) is 85.0 cm³/mol. The molecule has 1 unspecified atom stereocenters. The molecule has 21 heavy (non-hydrogen) atoms. The third kappa shape index (κ3) is 1.93. The first-order valence-electron chi connectivity index (χ1n) is 8.28. The first-order valence-corrected chi connectivity index (χ1v) is 8.28. The van der Waals surface area contributed by atoms with E-state index in [1.807, 2.05) is 0 Å². The van der Waals surface area contributed by atoms with Gasteiger partial charge in [-0.1, -0.05) is 43.7 Å². The quantitative estimate of drug-likeness (QED) is 0.769. The highest BCUT2D eigenvalue weighted by Crippen LogP contribution is 2.65. The van der Waals surface area contributed by atoms with Crippen molar-refractivity contribution in [3.8, 4) is 0 Å². The van der Waals surface area contributed by atoms with Gasteiger partial charge in [0.2, 0.25) is 0 Å². The summed E-state index contributed by atoms with van der Waals surface area (Å²) in [5.74, 6) is 1.47. The Labute approximate surface area is 128 Å². The second kappa shape index (κ2) is 4.36. The molecule has 4 atom stereocenters. The molecular weight excluding hydrogens is 259 g/mol. The van der Waals surface area contributed by atoms with Crippen LogP contribution in [0.25, 0.3) is 0 Å². The van der Waals surface area contributed by atoms with Crippen molar-refractivity contribution in [3.63, 3.8) is 0 Å². The van der Waals surface area contributed by atoms with Gasteiger partial charge in [0, 0.05) is 6.32 Å². The summed E-state index contributed by atoms with van der Waals surface area (Å²) < 4.78 is 12.7. The van der Waals surface area contributed by atoms with Crippen LogP contribution in [0.15, 0.2) is 24.3 Å². The molecule has 0 N–H and O–H groups in total. The molecule has 0 spiro atoms. The Hall–Kier alpha value is -0.795. The van der Waals surface area contributed by atoms with Crippen LogP contribution in [-0.2, 0) is 15.6 Å². The molecule has 2 bridgehead atoms. The molecule has 5 rings (SSSR count). The van der Waals surface area contributed by atoms with E-state index < -0.39 is 0 Å². The van der Waals surface area contributed by atoms with Crippen LogP contribution in [0.1, 0.15) is 44.7 Å². The average Bonchev–Trinajstić information content (AvgIpc) is 2.76. The summed E-state index contributed by atoms with van der Waals surface area (Å²) in [6.45, 7) is 9.22. The molecule has 1 aromatic rings. The van der Waals surface area contributed by atoms with E-state index in [4.69, 9.17) is 9.31 Å². The maximum absolute atomic E-state index is 6.45. The maximum atomic E-state index is 6.45. The second-order valence-corrected chi connectivity index (χ2v) is 8.09. The van der Waals surface area contributed by atoms with Gasteiger partial charge in [-0.3, -0.25) is 0 Å². The summed E-state index contributed by atoms with van der Waals surface area (Å²) in [5.41, 5.74) is 2.95. The van der Waals surface area contributed by atoms with E-state index in [-0.39, 0.29) is 12.7 Å². The van der Waals surface area contributed by atoms with Gasteiger partial charge < -0.3 is 9.31 Å². The fourth-order valence-corrected chi connectivity index (χ4v) is 4.95. The lowest BCUT2D eigenvalue weighted by Gasteiger charge is -2.64. The Balaban J connectivity index is 1.51. The summed E-state index contributed by atoms with van der Waals surface area (Å²) in [5, 5.41) is 0. The molecular formula is C18H25BO2. The molecule has 1 aromatic carbocycles. The van der Waals surface area contributed by atoms with Crippen molar-refractivity contribution in [1.82, 2.24) is 0 Å². The van der Waals surface area contributed by atoms with Crippen molar-refractivity contribution >= 4 is 7.12 Å². The molecule has 0 radical (unpaired) electrons. The summed E-state index contributed by atoms with van der Waals surface area (Å²) in [7, 11) is -0.0714. The molecule has 3 saturated carbocycles. The molecule has 3 aliphatic carbocycles. The van der Waals surface area contributed by atoms with Gasteiger partial charge >= 0.3 is 7.12 Å². The number of hydrogen-bond acceptors (Lipinski definition) is 2. The maximum Gasteiger partial charge on any atom is 0.462 e. The SMILES string of the molecule is Cc1ccc(CB2OC3C[C@@H]4C[C@@H](C4(C)C)[C@]3(C)O2)cc1. The van der Waals surface area contributed by atoms with Crippen LogP contribution in [0, 0.1) is 24.2 Å². The van der Waals surface area contributed by atoms with Gasteiger partial charge in [-0.25, -0.2) is 0 Å². The van der Waals surface area contributed by atoms with Crippen LogP contribution in [-0.4, -0.2) is 18.8 Å². The van der Waals surface area contributed by atoms with Gasteiger partial charge in [0.15, 0.2) is 0 Å². The molecule has 2 nitrogen and oxygen atoms in total. The highest BCUT2D eigenvalue weighted by Gasteiger charge is 2.67. The zero-order chi connectivity index (χ0) is 14.8. The zero-order valence-electron chi connectivity index (χ0n) is 13.6. The Morgan fingerprint density at radius 3 is 2.52 bits per heavy atom. The first kappa shape index (κ1) is 13.8. The summed E-state index contributed by atoms with van der Waals surface area (Å²) in [6.07, 6.45) is 3.65. The monoisotopic (exact) mass is 284 g/mol. The van der Waals surface area contributed by atoms with Crippen LogP contribution in [0.2, 0.25) is 0 Å². The number of benzene rings is 1. The minimum Gasteiger partial charge on any atom is -0.405 e. The Morgan fingerprint density at radius 2 is 1.86 bits per heavy atom. The summed E-state index contributed by atoms with van der Waals surface area (Å²) in [4.78, 5) is 0. The van der Waals surface area contributed by atoms with Gasteiger partial charge in [-0.15, -0.1) is 0 Å². The van der Waals surface area contributed by atoms with Gasteiger partial charge in [0.25, 0.3) is 0 Å². The first-order chi connectivity index (χ1) is 9.89. The minimum absolute atomic E-state index is 0.0714. The Bertz CT molecular complexity index is 553. The third-order valence-electron chi connectivity index (χ3n) is 6.52. The van der Waals surface area contributed by atoms with E-state index in [1.165, 1.54) is 24.0 Å². The normalized spacial score (nSPS) is 39.8. The molecule has 0 aromatic heterocycles. The Morgan fingerprint density at radius 1 is 1.14 bits per heavy atom. The smallest absolute Gasteiger partial charge is 0.405 e. The summed E-state index contributed by atoms with van der Waals surface area (Å²) >= 11 is 0. The van der Waals surface area contributed by atoms with Crippen molar-refractivity contribution < 1.29 is 9.31 Å². The average molecular weight is 284 g/mol. The second-order valence-electron chi connectivity index (χ2n) is 8.09. The molecule has 1 heterocycles. The number of aryl methyl sites for hydroxylation is 1. The predicted octanol–water partition coefficient (Wildman–Crippen LogP) is 3.81. The fraction of sp³-hybridized carbons (Fsp3) is 0.667. The third-order valence-corrected chi connectivity index (χ3v) is 6.52. The standard InChI is InChI=1S/C18H25BO2/c1-12-5-7-13(8-6-12)11-19-20-16-10-14-9-15(17(14,2)3)18(16,4)21-19/h5-8,14-16H,9-11H2,1-4H3/t14-,15-,16?,18-/m0/s1. The lowest BCUT2D eigenvalue weighted by atomic mass is 9.43. The largest absolute Gasteiger partial charge is 0.462 e. The zero-order valence-corrected chi connectivity index (χ0v) is 13.6. The molecule has 1 saturated heterocycles. The molecule has 1 aliphatic heterocycles. The van der Waals surface area contributed by atoms with Crippen LogP contribution < -0.4 is 0 Å². The van der Waals surface area contributed by atoms with Crippen LogP contribution >= 0.6 is 0 Å². The van der Waals surface area contributed by atoms with Crippen molar-refractivity contribution in [2.24, 2.45) is 17.3 Å². The van der Waals surface area contributed by atoms with E-state index in [2.05, 4.69) is 52.0 Å². The molecule has 112 valence electrons. The molecule has 4 fully saturated rings. The van der Waals surface area contributed by atoms with E-state index in [0.717, 1.165) is 12.2 Å². The Kier molecular flexibility index (Phi) is 2.87.